The van der Waals surface area contributed by atoms with E-state index >= 15 is 0 Å². The Labute approximate surface area is 86.9 Å². The van der Waals surface area contributed by atoms with E-state index in [0.717, 1.165) is 17.3 Å². The first kappa shape index (κ1) is 9.85. The Balaban J connectivity index is 2.18. The van der Waals surface area contributed by atoms with Crippen molar-refractivity contribution >= 4 is 11.5 Å². The summed E-state index contributed by atoms with van der Waals surface area (Å²) in [5, 5.41) is 23.9. The molecule has 0 radical (unpaired) electrons. The molecule has 2 rings (SSSR count). The van der Waals surface area contributed by atoms with Crippen molar-refractivity contribution in [1.82, 2.24) is 19.8 Å². The maximum atomic E-state index is 8.64. The largest absolute Gasteiger partial charge is 0.396 e. The SMILES string of the molecule is Cc1nnc2ccc(NCCCO)nn12. The molecule has 0 fully saturated rings. The fraction of sp³-hybridized carbons (Fsp3) is 0.444. The van der Waals surface area contributed by atoms with E-state index in [1.54, 1.807) is 4.52 Å². The molecule has 80 valence electrons. The Bertz CT molecular complexity index is 453. The van der Waals surface area contributed by atoms with Crippen molar-refractivity contribution in [3.8, 4) is 0 Å². The van der Waals surface area contributed by atoms with Gasteiger partial charge in [-0.2, -0.15) is 4.52 Å². The smallest absolute Gasteiger partial charge is 0.178 e. The van der Waals surface area contributed by atoms with E-state index in [4.69, 9.17) is 5.11 Å². The lowest BCUT2D eigenvalue weighted by atomic mass is 10.4. The van der Waals surface area contributed by atoms with Gasteiger partial charge in [-0.3, -0.25) is 0 Å². The standard InChI is InChI=1S/C9H13N5O/c1-7-11-12-9-4-3-8(13-14(7)9)10-5-2-6-15/h3-4,15H,2,5-6H2,1H3,(H,10,13). The molecule has 0 aliphatic heterocycles. The van der Waals surface area contributed by atoms with Gasteiger partial charge in [-0.15, -0.1) is 15.3 Å². The number of rotatable bonds is 4. The van der Waals surface area contributed by atoms with Crippen LogP contribution in [0, 0.1) is 6.92 Å². The molecule has 0 amide bonds. The molecule has 0 bridgehead atoms. The zero-order valence-electron chi connectivity index (χ0n) is 8.51. The van der Waals surface area contributed by atoms with Crippen molar-refractivity contribution < 1.29 is 5.11 Å². The molecular weight excluding hydrogens is 194 g/mol. The van der Waals surface area contributed by atoms with Gasteiger partial charge >= 0.3 is 0 Å². The minimum absolute atomic E-state index is 0.181. The number of aromatic nitrogens is 4. The van der Waals surface area contributed by atoms with E-state index in [1.165, 1.54) is 0 Å². The van der Waals surface area contributed by atoms with Gasteiger partial charge in [-0.25, -0.2) is 0 Å². The van der Waals surface area contributed by atoms with E-state index < -0.39 is 0 Å². The molecule has 15 heavy (non-hydrogen) atoms. The fourth-order valence-electron chi connectivity index (χ4n) is 1.29. The second-order valence-corrected chi connectivity index (χ2v) is 3.24. The lowest BCUT2D eigenvalue weighted by Crippen LogP contribution is -2.07. The highest BCUT2D eigenvalue weighted by Gasteiger charge is 2.02. The molecule has 0 aromatic carbocycles. The van der Waals surface area contributed by atoms with Crippen molar-refractivity contribution in [1.29, 1.82) is 0 Å². The van der Waals surface area contributed by atoms with E-state index in [2.05, 4.69) is 20.6 Å². The van der Waals surface area contributed by atoms with Crippen LogP contribution in [0.25, 0.3) is 5.65 Å². The lowest BCUT2D eigenvalue weighted by Gasteiger charge is -2.03. The van der Waals surface area contributed by atoms with E-state index in [0.29, 0.717) is 13.0 Å². The molecule has 0 spiro atoms. The molecule has 2 heterocycles. The fourth-order valence-corrected chi connectivity index (χ4v) is 1.29. The van der Waals surface area contributed by atoms with Crippen LogP contribution in [0.15, 0.2) is 12.1 Å². The number of aliphatic hydroxyl groups excluding tert-OH is 1. The zero-order chi connectivity index (χ0) is 10.7. The number of fused-ring (bicyclic) bond motifs is 1. The van der Waals surface area contributed by atoms with Crippen LogP contribution in [-0.2, 0) is 0 Å². The maximum Gasteiger partial charge on any atom is 0.178 e. The molecule has 2 N–H and O–H groups in total. The number of hydrogen-bond donors (Lipinski definition) is 2. The molecule has 0 aliphatic rings. The summed E-state index contributed by atoms with van der Waals surface area (Å²) in [4.78, 5) is 0. The number of nitrogens with zero attached hydrogens (tertiary/aromatic N) is 4. The van der Waals surface area contributed by atoms with Gasteiger partial charge in [0.15, 0.2) is 11.5 Å². The summed E-state index contributed by atoms with van der Waals surface area (Å²) in [6, 6.07) is 3.70. The van der Waals surface area contributed by atoms with Gasteiger partial charge in [0.05, 0.1) is 0 Å². The molecule has 2 aromatic heterocycles. The number of nitrogens with one attached hydrogen (secondary N) is 1. The third-order valence-electron chi connectivity index (χ3n) is 2.06. The van der Waals surface area contributed by atoms with Crippen LogP contribution >= 0.6 is 0 Å². The summed E-state index contributed by atoms with van der Waals surface area (Å²) in [5.74, 6) is 1.52. The van der Waals surface area contributed by atoms with Gasteiger partial charge in [0, 0.05) is 13.2 Å². The Hall–Kier alpha value is -1.69. The van der Waals surface area contributed by atoms with Gasteiger partial charge < -0.3 is 10.4 Å². The van der Waals surface area contributed by atoms with Gasteiger partial charge in [-0.05, 0) is 25.5 Å². The van der Waals surface area contributed by atoms with Crippen molar-refractivity contribution in [2.45, 2.75) is 13.3 Å². The maximum absolute atomic E-state index is 8.64. The minimum atomic E-state index is 0.181. The molecule has 6 heteroatoms. The average molecular weight is 207 g/mol. The summed E-state index contributed by atoms with van der Waals surface area (Å²) < 4.78 is 1.68. The number of anilines is 1. The van der Waals surface area contributed by atoms with Gasteiger partial charge in [0.1, 0.15) is 5.82 Å². The molecule has 0 saturated heterocycles. The second-order valence-electron chi connectivity index (χ2n) is 3.24. The van der Waals surface area contributed by atoms with Gasteiger partial charge in [-0.1, -0.05) is 0 Å². The summed E-state index contributed by atoms with van der Waals surface area (Å²) in [5.41, 5.74) is 0.736. The number of aryl methyl sites for hydroxylation is 1. The van der Waals surface area contributed by atoms with Crippen molar-refractivity contribution in [3.05, 3.63) is 18.0 Å². The first-order chi connectivity index (χ1) is 7.31. The molecular formula is C9H13N5O. The highest BCUT2D eigenvalue weighted by Crippen LogP contribution is 2.06. The van der Waals surface area contributed by atoms with Crippen molar-refractivity contribution in [2.24, 2.45) is 0 Å². The highest BCUT2D eigenvalue weighted by molar-refractivity contribution is 5.43. The van der Waals surface area contributed by atoms with Crippen LogP contribution in [0.3, 0.4) is 0 Å². The predicted octanol–water partition coefficient (Wildman–Crippen LogP) is 0.227. The van der Waals surface area contributed by atoms with E-state index in [-0.39, 0.29) is 6.61 Å². The van der Waals surface area contributed by atoms with Crippen LogP contribution in [0.5, 0.6) is 0 Å². The zero-order valence-corrected chi connectivity index (χ0v) is 8.51. The third kappa shape index (κ3) is 2.04. The second kappa shape index (κ2) is 4.22. The number of aliphatic hydroxyl groups is 1. The van der Waals surface area contributed by atoms with Crippen molar-refractivity contribution in [3.63, 3.8) is 0 Å². The Morgan fingerprint density at radius 2 is 2.27 bits per heavy atom. The van der Waals surface area contributed by atoms with Gasteiger partial charge in [0.25, 0.3) is 0 Å². The Morgan fingerprint density at radius 3 is 3.07 bits per heavy atom. The monoisotopic (exact) mass is 207 g/mol. The minimum Gasteiger partial charge on any atom is -0.396 e. The Kier molecular flexibility index (Phi) is 2.77. The topological polar surface area (TPSA) is 75.3 Å². The Morgan fingerprint density at radius 1 is 1.40 bits per heavy atom. The lowest BCUT2D eigenvalue weighted by molar-refractivity contribution is 0.292. The highest BCUT2D eigenvalue weighted by atomic mass is 16.3. The molecule has 0 atom stereocenters. The predicted molar refractivity (Wildman–Crippen MR) is 55.7 cm³/mol. The van der Waals surface area contributed by atoms with Crippen LogP contribution in [0.2, 0.25) is 0 Å². The normalized spacial score (nSPS) is 10.8. The summed E-state index contributed by atoms with van der Waals surface area (Å²) in [6.07, 6.45) is 0.709. The molecule has 0 saturated carbocycles. The van der Waals surface area contributed by atoms with E-state index in [1.807, 2.05) is 19.1 Å². The number of hydrogen-bond acceptors (Lipinski definition) is 5. The summed E-state index contributed by atoms with van der Waals surface area (Å²) in [7, 11) is 0. The first-order valence-corrected chi connectivity index (χ1v) is 4.85. The van der Waals surface area contributed by atoms with Crippen LogP contribution in [0.4, 0.5) is 5.82 Å². The first-order valence-electron chi connectivity index (χ1n) is 4.85. The summed E-state index contributed by atoms with van der Waals surface area (Å²) in [6.45, 7) is 2.74. The molecule has 0 unspecified atom stereocenters. The average Bonchev–Trinajstić information content (AvgIpc) is 2.61. The van der Waals surface area contributed by atoms with Crippen LogP contribution in [0.1, 0.15) is 12.2 Å². The third-order valence-corrected chi connectivity index (χ3v) is 2.06. The summed E-state index contributed by atoms with van der Waals surface area (Å²) >= 11 is 0. The quantitative estimate of drug-likeness (QED) is 0.702. The van der Waals surface area contributed by atoms with E-state index in [9.17, 15) is 0 Å². The van der Waals surface area contributed by atoms with Crippen molar-refractivity contribution in [2.75, 3.05) is 18.5 Å². The molecule has 6 nitrogen and oxygen atoms in total. The molecule has 2 aromatic rings. The van der Waals surface area contributed by atoms with Crippen LogP contribution in [-0.4, -0.2) is 38.1 Å². The van der Waals surface area contributed by atoms with Crippen LogP contribution < -0.4 is 5.32 Å². The van der Waals surface area contributed by atoms with Gasteiger partial charge in [0.2, 0.25) is 0 Å². The molecule has 0 aliphatic carbocycles.